The number of allylic oxidation sites excluding steroid dienone is 2. The highest BCUT2D eigenvalue weighted by atomic mass is 31.2. The first-order valence-corrected chi connectivity index (χ1v) is 17.1. The van der Waals surface area contributed by atoms with Crippen molar-refractivity contribution in [3.05, 3.63) is 72.8 Å². The largest absolute Gasteiger partial charge is 0.430 e. The molecule has 2 atom stereocenters. The molecule has 216 valence electrons. The molecule has 0 saturated heterocycles. The summed E-state index contributed by atoms with van der Waals surface area (Å²) < 4.78 is 19.8. The van der Waals surface area contributed by atoms with Crippen LogP contribution in [-0.2, 0) is 0 Å². The standard InChI is InChI=1S/C35H54NO2P/c1-7-9-11-13-14-22-28-34(3,4)39(37-31-24-18-15-19-25-31,38-32-26-20-16-21-27-32)36-35(5,6)33-29-30(33)23-17-12-10-8-2/h12,15-21,24-27,30,33H,7-11,13-14,22-23,28-29H2,1-6H3/b17-12-. The van der Waals surface area contributed by atoms with Gasteiger partial charge in [-0.05, 0) is 89.5 Å². The molecule has 2 aromatic rings. The number of rotatable bonds is 18. The topological polar surface area (TPSA) is 30.8 Å². The third kappa shape index (κ3) is 9.56. The monoisotopic (exact) mass is 551 g/mol. The summed E-state index contributed by atoms with van der Waals surface area (Å²) in [4.78, 5) is 0. The zero-order chi connectivity index (χ0) is 28.2. The van der Waals surface area contributed by atoms with E-state index in [0.717, 1.165) is 24.3 Å². The summed E-state index contributed by atoms with van der Waals surface area (Å²) in [6.07, 6.45) is 18.1. The Kier molecular flexibility index (Phi) is 12.2. The van der Waals surface area contributed by atoms with E-state index < -0.39 is 7.51 Å². The molecule has 2 unspecified atom stereocenters. The van der Waals surface area contributed by atoms with Crippen molar-refractivity contribution >= 4 is 7.51 Å². The Balaban J connectivity index is 1.97. The number of hydrogen-bond donors (Lipinski definition) is 0. The molecule has 0 heterocycles. The number of nitrogens with zero attached hydrogens (tertiary/aromatic N) is 1. The minimum atomic E-state index is -2.80. The zero-order valence-electron chi connectivity index (χ0n) is 25.6. The molecule has 1 aliphatic carbocycles. The van der Waals surface area contributed by atoms with Crippen LogP contribution in [0.15, 0.2) is 77.6 Å². The maximum Gasteiger partial charge on any atom is 0.320 e. The van der Waals surface area contributed by atoms with E-state index in [0.29, 0.717) is 11.8 Å². The van der Waals surface area contributed by atoms with Crippen molar-refractivity contribution < 1.29 is 9.05 Å². The molecule has 1 saturated carbocycles. The van der Waals surface area contributed by atoms with Gasteiger partial charge >= 0.3 is 7.51 Å². The van der Waals surface area contributed by atoms with Gasteiger partial charge in [0.05, 0.1) is 10.7 Å². The summed E-state index contributed by atoms with van der Waals surface area (Å²) in [6.45, 7) is 13.8. The fraction of sp³-hybridized carbons (Fsp3) is 0.600. The van der Waals surface area contributed by atoms with Gasteiger partial charge in [0.2, 0.25) is 0 Å². The van der Waals surface area contributed by atoms with Gasteiger partial charge in [-0.15, -0.1) is 0 Å². The molecule has 0 spiro atoms. The van der Waals surface area contributed by atoms with Crippen LogP contribution in [0.1, 0.15) is 112 Å². The second kappa shape index (κ2) is 15.1. The SMILES string of the molecule is CCC/C=C\CC1CC1C(C)(C)N=P(Oc1ccccc1)(Oc1ccccc1)C(C)(C)CCCCCCCC. The van der Waals surface area contributed by atoms with Crippen LogP contribution in [0.25, 0.3) is 0 Å². The summed E-state index contributed by atoms with van der Waals surface area (Å²) in [5.74, 6) is 2.92. The zero-order valence-corrected chi connectivity index (χ0v) is 26.5. The number of hydrogen-bond acceptors (Lipinski definition) is 3. The molecule has 2 aromatic carbocycles. The quantitative estimate of drug-likeness (QED) is 0.105. The fourth-order valence-corrected chi connectivity index (χ4v) is 8.48. The van der Waals surface area contributed by atoms with E-state index in [-0.39, 0.29) is 10.7 Å². The lowest BCUT2D eigenvalue weighted by Gasteiger charge is -2.40. The van der Waals surface area contributed by atoms with Crippen LogP contribution in [-0.4, -0.2) is 10.7 Å². The predicted octanol–water partition coefficient (Wildman–Crippen LogP) is 11.9. The van der Waals surface area contributed by atoms with Gasteiger partial charge in [0, 0.05) is 0 Å². The van der Waals surface area contributed by atoms with E-state index in [9.17, 15) is 0 Å². The Labute approximate surface area is 240 Å². The molecule has 1 aliphatic rings. The van der Waals surface area contributed by atoms with Gasteiger partial charge in [0.1, 0.15) is 11.5 Å². The molecule has 39 heavy (non-hydrogen) atoms. The molecule has 0 radical (unpaired) electrons. The van der Waals surface area contributed by atoms with Crippen molar-refractivity contribution in [1.29, 1.82) is 0 Å². The minimum absolute atomic E-state index is 0.237. The number of para-hydroxylation sites is 2. The van der Waals surface area contributed by atoms with E-state index in [2.05, 4.69) is 53.7 Å². The summed E-state index contributed by atoms with van der Waals surface area (Å²) in [6, 6.07) is 20.4. The Morgan fingerprint density at radius 2 is 1.33 bits per heavy atom. The average Bonchev–Trinajstić information content (AvgIpc) is 3.70. The molecule has 0 amide bonds. The summed E-state index contributed by atoms with van der Waals surface area (Å²) in [7, 11) is -2.80. The van der Waals surface area contributed by atoms with Gasteiger partial charge in [-0.1, -0.05) is 107 Å². The van der Waals surface area contributed by atoms with Crippen molar-refractivity contribution in [2.45, 2.75) is 123 Å². The molecule has 0 aliphatic heterocycles. The van der Waals surface area contributed by atoms with E-state index in [4.69, 9.17) is 13.8 Å². The Morgan fingerprint density at radius 1 is 0.769 bits per heavy atom. The summed E-state index contributed by atoms with van der Waals surface area (Å²) >= 11 is 0. The second-order valence-electron chi connectivity index (χ2n) is 12.5. The van der Waals surface area contributed by atoms with Gasteiger partial charge in [-0.25, -0.2) is 4.74 Å². The third-order valence-electron chi connectivity index (χ3n) is 8.13. The Bertz CT molecular complexity index is 999. The van der Waals surface area contributed by atoms with Gasteiger partial charge in [0.15, 0.2) is 0 Å². The van der Waals surface area contributed by atoms with Crippen molar-refractivity contribution in [2.24, 2.45) is 16.6 Å². The first-order valence-electron chi connectivity index (χ1n) is 15.5. The summed E-state index contributed by atoms with van der Waals surface area (Å²) in [5.41, 5.74) is -0.237. The normalized spacial score (nSPS) is 17.8. The maximum absolute atomic E-state index is 7.04. The lowest BCUT2D eigenvalue weighted by atomic mass is 9.97. The molecular formula is C35H54NO2P. The molecule has 3 rings (SSSR count). The van der Waals surface area contributed by atoms with Crippen LogP contribution in [0.5, 0.6) is 11.5 Å². The van der Waals surface area contributed by atoms with Gasteiger partial charge < -0.3 is 9.05 Å². The van der Waals surface area contributed by atoms with Gasteiger partial charge in [-0.2, -0.15) is 0 Å². The van der Waals surface area contributed by atoms with Crippen molar-refractivity contribution in [1.82, 2.24) is 0 Å². The van der Waals surface area contributed by atoms with Crippen molar-refractivity contribution in [2.75, 3.05) is 0 Å². The average molecular weight is 552 g/mol. The van der Waals surface area contributed by atoms with E-state index in [1.54, 1.807) is 0 Å². The van der Waals surface area contributed by atoms with E-state index >= 15 is 0 Å². The van der Waals surface area contributed by atoms with Gasteiger partial charge in [-0.3, -0.25) is 0 Å². The van der Waals surface area contributed by atoms with Crippen LogP contribution < -0.4 is 9.05 Å². The van der Waals surface area contributed by atoms with Crippen molar-refractivity contribution in [3.8, 4) is 11.5 Å². The van der Waals surface area contributed by atoms with Crippen LogP contribution in [0.4, 0.5) is 0 Å². The molecule has 0 N–H and O–H groups in total. The van der Waals surface area contributed by atoms with Crippen LogP contribution in [0, 0.1) is 11.8 Å². The maximum atomic E-state index is 7.04. The van der Waals surface area contributed by atoms with Crippen LogP contribution in [0.3, 0.4) is 0 Å². The highest BCUT2D eigenvalue weighted by Crippen LogP contribution is 2.66. The second-order valence-corrected chi connectivity index (χ2v) is 15.3. The molecule has 1 fully saturated rings. The first-order chi connectivity index (χ1) is 18.7. The molecule has 4 heteroatoms. The molecule has 0 aromatic heterocycles. The predicted molar refractivity (Wildman–Crippen MR) is 170 cm³/mol. The molecular weight excluding hydrogens is 497 g/mol. The lowest BCUT2D eigenvalue weighted by Crippen LogP contribution is -2.31. The summed E-state index contributed by atoms with van der Waals surface area (Å²) in [5, 5.41) is -0.244. The van der Waals surface area contributed by atoms with Crippen LogP contribution in [0.2, 0.25) is 0 Å². The molecule has 0 bridgehead atoms. The van der Waals surface area contributed by atoms with Gasteiger partial charge in [0.25, 0.3) is 0 Å². The lowest BCUT2D eigenvalue weighted by molar-refractivity contribution is 0.375. The number of unbranched alkanes of at least 4 members (excludes halogenated alkanes) is 6. The van der Waals surface area contributed by atoms with E-state index in [1.165, 1.54) is 57.8 Å². The minimum Gasteiger partial charge on any atom is -0.430 e. The highest BCUT2D eigenvalue weighted by Gasteiger charge is 2.51. The molecule has 3 nitrogen and oxygen atoms in total. The van der Waals surface area contributed by atoms with Crippen LogP contribution >= 0.6 is 7.51 Å². The Hall–Kier alpha value is -1.99. The number of benzene rings is 2. The first kappa shape index (κ1) is 31.5. The van der Waals surface area contributed by atoms with E-state index in [1.807, 2.05) is 60.7 Å². The smallest absolute Gasteiger partial charge is 0.320 e. The Morgan fingerprint density at radius 3 is 1.90 bits per heavy atom. The highest BCUT2D eigenvalue weighted by molar-refractivity contribution is 7.59. The van der Waals surface area contributed by atoms with Crippen molar-refractivity contribution in [3.63, 3.8) is 0 Å². The third-order valence-corrected chi connectivity index (χ3v) is 11.6. The fourth-order valence-electron chi connectivity index (χ4n) is 5.51.